The van der Waals surface area contributed by atoms with Gasteiger partial charge in [-0.15, -0.1) is 0 Å². The number of carboxylic acid groups (broad SMARTS) is 1. The Labute approximate surface area is 124 Å². The zero-order chi connectivity index (χ0) is 14.8. The van der Waals surface area contributed by atoms with Crippen molar-refractivity contribution >= 4 is 5.97 Å². The summed E-state index contributed by atoms with van der Waals surface area (Å²) in [7, 11) is 0. The molecule has 5 nitrogen and oxygen atoms in total. The van der Waals surface area contributed by atoms with Gasteiger partial charge in [0.25, 0.3) is 0 Å². The van der Waals surface area contributed by atoms with Gasteiger partial charge in [0.2, 0.25) is 6.79 Å². The molecule has 0 amide bonds. The minimum atomic E-state index is -0.714. The average molecular weight is 291 g/mol. The van der Waals surface area contributed by atoms with Gasteiger partial charge in [-0.05, 0) is 49.6 Å². The standard InChI is InChI=1S/C16H21NO4/c1-11-6-14-15(21-10-20-14)7-12(11)9-17-5-3-2-4-13(17)8-16(18)19/h6-7,13H,2-5,8-10H2,1H3,(H,18,19)/t13-/m1/s1. The van der Waals surface area contributed by atoms with Crippen molar-refractivity contribution in [2.45, 2.75) is 45.2 Å². The van der Waals surface area contributed by atoms with Crippen molar-refractivity contribution in [1.82, 2.24) is 4.90 Å². The Morgan fingerprint density at radius 1 is 1.33 bits per heavy atom. The van der Waals surface area contributed by atoms with E-state index in [0.717, 1.165) is 43.9 Å². The molecule has 1 saturated heterocycles. The predicted octanol–water partition coefficient (Wildman–Crippen LogP) is 2.55. The molecule has 3 rings (SSSR count). The fourth-order valence-corrected chi connectivity index (χ4v) is 3.18. The normalized spacial score (nSPS) is 21.5. The molecule has 0 bridgehead atoms. The van der Waals surface area contributed by atoms with Crippen LogP contribution in [-0.2, 0) is 11.3 Å². The average Bonchev–Trinajstić information content (AvgIpc) is 2.88. The lowest BCUT2D eigenvalue weighted by Crippen LogP contribution is -2.40. The number of ether oxygens (including phenoxy) is 2. The SMILES string of the molecule is Cc1cc2c(cc1CN1CCCC[C@@H]1CC(=O)O)OCO2. The molecule has 21 heavy (non-hydrogen) atoms. The zero-order valence-electron chi connectivity index (χ0n) is 12.3. The first kappa shape index (κ1) is 14.2. The van der Waals surface area contributed by atoms with Crippen molar-refractivity contribution in [1.29, 1.82) is 0 Å². The minimum Gasteiger partial charge on any atom is -0.481 e. The molecule has 1 N–H and O–H groups in total. The maximum absolute atomic E-state index is 11.0. The first-order valence-electron chi connectivity index (χ1n) is 7.48. The third kappa shape index (κ3) is 3.13. The highest BCUT2D eigenvalue weighted by atomic mass is 16.7. The molecule has 0 saturated carbocycles. The smallest absolute Gasteiger partial charge is 0.304 e. The van der Waals surface area contributed by atoms with Crippen molar-refractivity contribution in [3.63, 3.8) is 0 Å². The summed E-state index contributed by atoms with van der Waals surface area (Å²) in [5, 5.41) is 9.07. The van der Waals surface area contributed by atoms with Crippen LogP contribution in [0.4, 0.5) is 0 Å². The van der Waals surface area contributed by atoms with E-state index >= 15 is 0 Å². The summed E-state index contributed by atoms with van der Waals surface area (Å²) >= 11 is 0. The van der Waals surface area contributed by atoms with Crippen LogP contribution < -0.4 is 9.47 Å². The first-order valence-corrected chi connectivity index (χ1v) is 7.48. The second kappa shape index (κ2) is 5.93. The van der Waals surface area contributed by atoms with Crippen molar-refractivity contribution in [2.75, 3.05) is 13.3 Å². The molecular formula is C16H21NO4. The lowest BCUT2D eigenvalue weighted by atomic mass is 9.97. The van der Waals surface area contributed by atoms with Crippen LogP contribution in [-0.4, -0.2) is 35.4 Å². The third-order valence-electron chi connectivity index (χ3n) is 4.36. The second-order valence-electron chi connectivity index (χ2n) is 5.85. The molecule has 2 aliphatic rings. The lowest BCUT2D eigenvalue weighted by molar-refractivity contribution is -0.138. The van der Waals surface area contributed by atoms with Gasteiger partial charge >= 0.3 is 5.97 Å². The van der Waals surface area contributed by atoms with Gasteiger partial charge in [-0.25, -0.2) is 0 Å². The van der Waals surface area contributed by atoms with Gasteiger partial charge in [0.15, 0.2) is 11.5 Å². The van der Waals surface area contributed by atoms with E-state index in [4.69, 9.17) is 14.6 Å². The number of hydrogen-bond donors (Lipinski definition) is 1. The molecule has 2 aliphatic heterocycles. The number of nitrogens with zero attached hydrogens (tertiary/aromatic N) is 1. The minimum absolute atomic E-state index is 0.140. The van der Waals surface area contributed by atoms with Crippen LogP contribution in [0.1, 0.15) is 36.8 Å². The maximum atomic E-state index is 11.0. The Balaban J connectivity index is 1.76. The molecule has 0 spiro atoms. The van der Waals surface area contributed by atoms with Gasteiger partial charge in [0, 0.05) is 12.6 Å². The van der Waals surface area contributed by atoms with Gasteiger partial charge in [0.05, 0.1) is 6.42 Å². The topological polar surface area (TPSA) is 59.0 Å². The van der Waals surface area contributed by atoms with E-state index in [1.165, 1.54) is 11.1 Å². The number of benzene rings is 1. The Kier molecular flexibility index (Phi) is 4.01. The molecule has 1 aromatic rings. The summed E-state index contributed by atoms with van der Waals surface area (Å²) in [4.78, 5) is 13.3. The summed E-state index contributed by atoms with van der Waals surface area (Å²) in [6.07, 6.45) is 3.45. The van der Waals surface area contributed by atoms with E-state index in [0.29, 0.717) is 0 Å². The molecule has 0 aromatic heterocycles. The molecule has 0 radical (unpaired) electrons. The highest BCUT2D eigenvalue weighted by Crippen LogP contribution is 2.35. The number of aryl methyl sites for hydroxylation is 1. The van der Waals surface area contributed by atoms with Crippen molar-refractivity contribution in [3.05, 3.63) is 23.3 Å². The summed E-state index contributed by atoms with van der Waals surface area (Å²) in [5.74, 6) is 0.883. The van der Waals surface area contributed by atoms with Crippen LogP contribution in [0.2, 0.25) is 0 Å². The van der Waals surface area contributed by atoms with Crippen LogP contribution >= 0.6 is 0 Å². The number of carbonyl (C=O) groups is 1. The van der Waals surface area contributed by atoms with Crippen LogP contribution in [0, 0.1) is 6.92 Å². The lowest BCUT2D eigenvalue weighted by Gasteiger charge is -2.35. The molecule has 2 heterocycles. The van der Waals surface area contributed by atoms with Crippen molar-refractivity contribution in [2.24, 2.45) is 0 Å². The summed E-state index contributed by atoms with van der Waals surface area (Å²) < 4.78 is 10.8. The van der Waals surface area contributed by atoms with E-state index in [1.807, 2.05) is 12.1 Å². The summed E-state index contributed by atoms with van der Waals surface area (Å²) in [5.41, 5.74) is 2.36. The molecule has 0 unspecified atom stereocenters. The van der Waals surface area contributed by atoms with E-state index < -0.39 is 5.97 Å². The van der Waals surface area contributed by atoms with Gasteiger partial charge in [-0.3, -0.25) is 9.69 Å². The third-order valence-corrected chi connectivity index (χ3v) is 4.36. The molecule has 1 fully saturated rings. The Morgan fingerprint density at radius 3 is 2.86 bits per heavy atom. The molecular weight excluding hydrogens is 270 g/mol. The number of rotatable bonds is 4. The monoisotopic (exact) mass is 291 g/mol. The van der Waals surface area contributed by atoms with Gasteiger partial charge in [-0.2, -0.15) is 0 Å². The van der Waals surface area contributed by atoms with Crippen LogP contribution in [0.25, 0.3) is 0 Å². The maximum Gasteiger partial charge on any atom is 0.304 e. The van der Waals surface area contributed by atoms with E-state index in [9.17, 15) is 4.79 Å². The Morgan fingerprint density at radius 2 is 2.10 bits per heavy atom. The van der Waals surface area contributed by atoms with Crippen molar-refractivity contribution < 1.29 is 19.4 Å². The van der Waals surface area contributed by atoms with Gasteiger partial charge in [-0.1, -0.05) is 6.42 Å². The molecule has 5 heteroatoms. The first-order chi connectivity index (χ1) is 10.1. The summed E-state index contributed by atoms with van der Waals surface area (Å²) in [6, 6.07) is 4.18. The number of fused-ring (bicyclic) bond motifs is 1. The van der Waals surface area contributed by atoms with E-state index in [1.54, 1.807) is 0 Å². The Hall–Kier alpha value is -1.75. The Bertz CT molecular complexity index is 543. The molecule has 1 aromatic carbocycles. The van der Waals surface area contributed by atoms with Gasteiger partial charge < -0.3 is 14.6 Å². The van der Waals surface area contributed by atoms with Crippen LogP contribution in [0.3, 0.4) is 0 Å². The number of aliphatic carboxylic acids is 1. The molecule has 1 atom stereocenters. The van der Waals surface area contributed by atoms with Gasteiger partial charge in [0.1, 0.15) is 0 Å². The van der Waals surface area contributed by atoms with E-state index in [2.05, 4.69) is 11.8 Å². The zero-order valence-corrected chi connectivity index (χ0v) is 12.3. The fourth-order valence-electron chi connectivity index (χ4n) is 3.18. The quantitative estimate of drug-likeness (QED) is 0.924. The second-order valence-corrected chi connectivity index (χ2v) is 5.85. The highest BCUT2D eigenvalue weighted by Gasteiger charge is 2.26. The highest BCUT2D eigenvalue weighted by molar-refractivity contribution is 5.67. The summed E-state index contributed by atoms with van der Waals surface area (Å²) in [6.45, 7) is 4.09. The predicted molar refractivity (Wildman–Crippen MR) is 77.6 cm³/mol. The molecule has 0 aliphatic carbocycles. The number of hydrogen-bond acceptors (Lipinski definition) is 4. The number of piperidine rings is 1. The largest absolute Gasteiger partial charge is 0.481 e. The fraction of sp³-hybridized carbons (Fsp3) is 0.562. The molecule has 114 valence electrons. The number of carboxylic acids is 1. The van der Waals surface area contributed by atoms with Crippen molar-refractivity contribution in [3.8, 4) is 11.5 Å². The van der Waals surface area contributed by atoms with Crippen LogP contribution in [0.5, 0.6) is 11.5 Å². The van der Waals surface area contributed by atoms with E-state index in [-0.39, 0.29) is 19.3 Å². The number of likely N-dealkylation sites (tertiary alicyclic amines) is 1. The van der Waals surface area contributed by atoms with Crippen LogP contribution in [0.15, 0.2) is 12.1 Å².